The first-order valence-corrected chi connectivity index (χ1v) is 7.97. The number of carboxylic acids is 1. The molecule has 1 spiro atoms. The van der Waals surface area contributed by atoms with Crippen LogP contribution in [0, 0.1) is 5.41 Å². The number of hydrogen-bond acceptors (Lipinski definition) is 3. The first-order chi connectivity index (χ1) is 10.1. The molecule has 114 valence electrons. The van der Waals surface area contributed by atoms with Gasteiger partial charge in [-0.15, -0.1) is 0 Å². The summed E-state index contributed by atoms with van der Waals surface area (Å²) in [7, 11) is 0. The maximum atomic E-state index is 11.2. The van der Waals surface area contributed by atoms with Crippen LogP contribution in [0.2, 0.25) is 0 Å². The second-order valence-corrected chi connectivity index (χ2v) is 6.62. The van der Waals surface area contributed by atoms with Crippen LogP contribution in [0.3, 0.4) is 0 Å². The highest BCUT2D eigenvalue weighted by atomic mass is 16.4. The number of aromatic carboxylic acids is 1. The van der Waals surface area contributed by atoms with E-state index < -0.39 is 5.97 Å². The molecule has 1 aromatic rings. The average Bonchev–Trinajstić information content (AvgIpc) is 2.49. The number of carboxylic acid groups (broad SMARTS) is 1. The second kappa shape index (κ2) is 5.58. The van der Waals surface area contributed by atoms with Gasteiger partial charge in [-0.3, -0.25) is 0 Å². The van der Waals surface area contributed by atoms with Crippen LogP contribution >= 0.6 is 0 Å². The highest BCUT2D eigenvalue weighted by Crippen LogP contribution is 2.45. The van der Waals surface area contributed by atoms with Crippen molar-refractivity contribution < 1.29 is 9.90 Å². The molecule has 0 unspecified atom stereocenters. The highest BCUT2D eigenvalue weighted by Gasteiger charge is 2.35. The molecular weight excluding hydrogens is 264 g/mol. The molecule has 2 fully saturated rings. The van der Waals surface area contributed by atoms with E-state index in [-0.39, 0.29) is 5.56 Å². The smallest absolute Gasteiger partial charge is 0.337 e. The van der Waals surface area contributed by atoms with Gasteiger partial charge in [0.05, 0.1) is 5.56 Å². The van der Waals surface area contributed by atoms with E-state index in [1.165, 1.54) is 44.9 Å². The Hall–Kier alpha value is -1.71. The normalized spacial score (nSPS) is 21.4. The summed E-state index contributed by atoms with van der Waals surface area (Å²) in [6, 6.07) is 5.38. The van der Waals surface area contributed by atoms with Gasteiger partial charge < -0.3 is 15.7 Å². The summed E-state index contributed by atoms with van der Waals surface area (Å²) in [5.41, 5.74) is 7.85. The third-order valence-electron chi connectivity index (χ3n) is 5.37. The molecule has 4 nitrogen and oxygen atoms in total. The lowest BCUT2D eigenvalue weighted by molar-refractivity contribution is 0.0698. The van der Waals surface area contributed by atoms with Crippen LogP contribution in [-0.2, 0) is 0 Å². The molecule has 0 atom stereocenters. The van der Waals surface area contributed by atoms with Gasteiger partial charge in [0.15, 0.2) is 0 Å². The van der Waals surface area contributed by atoms with Gasteiger partial charge in [0.2, 0.25) is 0 Å². The summed E-state index contributed by atoms with van der Waals surface area (Å²) in [5, 5.41) is 9.19. The number of anilines is 2. The van der Waals surface area contributed by atoms with Crippen LogP contribution in [0.5, 0.6) is 0 Å². The minimum Gasteiger partial charge on any atom is -0.478 e. The zero-order valence-corrected chi connectivity index (χ0v) is 12.5. The van der Waals surface area contributed by atoms with E-state index in [9.17, 15) is 9.90 Å². The van der Waals surface area contributed by atoms with E-state index in [4.69, 9.17) is 5.73 Å². The molecule has 3 N–H and O–H groups in total. The highest BCUT2D eigenvalue weighted by molar-refractivity contribution is 5.94. The van der Waals surface area contributed by atoms with Crippen molar-refractivity contribution in [2.45, 2.75) is 44.9 Å². The van der Waals surface area contributed by atoms with Crippen molar-refractivity contribution in [2.75, 3.05) is 23.7 Å². The van der Waals surface area contributed by atoms with Gasteiger partial charge in [-0.1, -0.05) is 19.3 Å². The Morgan fingerprint density at radius 2 is 1.76 bits per heavy atom. The lowest BCUT2D eigenvalue weighted by Gasteiger charge is -2.45. The van der Waals surface area contributed by atoms with E-state index in [0.29, 0.717) is 11.1 Å². The molecule has 4 heteroatoms. The number of piperidine rings is 1. The lowest BCUT2D eigenvalue weighted by Crippen LogP contribution is -2.41. The molecular formula is C17H24N2O2. The van der Waals surface area contributed by atoms with Crippen molar-refractivity contribution in [3.05, 3.63) is 23.8 Å². The van der Waals surface area contributed by atoms with Crippen molar-refractivity contribution in [3.8, 4) is 0 Å². The molecule has 1 aliphatic heterocycles. The number of benzene rings is 1. The zero-order chi connectivity index (χ0) is 14.9. The molecule has 1 saturated heterocycles. The molecule has 0 radical (unpaired) electrons. The van der Waals surface area contributed by atoms with Crippen molar-refractivity contribution in [1.29, 1.82) is 0 Å². The number of nitrogens with two attached hydrogens (primary N) is 1. The van der Waals surface area contributed by atoms with E-state index in [2.05, 4.69) is 4.90 Å². The minimum atomic E-state index is -0.949. The number of carbonyl (C=O) groups is 1. The van der Waals surface area contributed by atoms with Crippen molar-refractivity contribution >= 4 is 17.3 Å². The molecule has 1 saturated carbocycles. The van der Waals surface area contributed by atoms with Crippen LogP contribution in [0.1, 0.15) is 55.3 Å². The van der Waals surface area contributed by atoms with Crippen LogP contribution < -0.4 is 10.6 Å². The fourth-order valence-corrected chi connectivity index (χ4v) is 3.97. The number of nitrogen functional groups attached to an aromatic ring is 1. The third kappa shape index (κ3) is 2.85. The van der Waals surface area contributed by atoms with Crippen LogP contribution in [0.15, 0.2) is 18.2 Å². The van der Waals surface area contributed by atoms with Crippen molar-refractivity contribution in [2.24, 2.45) is 5.41 Å². The first-order valence-electron chi connectivity index (χ1n) is 7.97. The first kappa shape index (κ1) is 14.2. The Labute approximate surface area is 125 Å². The molecule has 2 aliphatic rings. The topological polar surface area (TPSA) is 66.6 Å². The summed E-state index contributed by atoms with van der Waals surface area (Å²) >= 11 is 0. The standard InChI is InChI=1S/C17H24N2O2/c18-15-5-4-13(12-14(15)16(20)21)19-10-8-17(9-11-19)6-2-1-3-7-17/h4-5,12H,1-3,6-11,18H2,(H,20,21). The fraction of sp³-hybridized carbons (Fsp3) is 0.588. The predicted octanol–water partition coefficient (Wildman–Crippen LogP) is 3.52. The Kier molecular flexibility index (Phi) is 3.79. The minimum absolute atomic E-state index is 0.213. The Bertz CT molecular complexity index is 526. The SMILES string of the molecule is Nc1ccc(N2CCC3(CCCCC3)CC2)cc1C(=O)O. The monoisotopic (exact) mass is 288 g/mol. The van der Waals surface area contributed by atoms with E-state index in [0.717, 1.165) is 18.8 Å². The Morgan fingerprint density at radius 1 is 1.10 bits per heavy atom. The second-order valence-electron chi connectivity index (χ2n) is 6.62. The molecule has 0 bridgehead atoms. The summed E-state index contributed by atoms with van der Waals surface area (Å²) in [6.45, 7) is 2.06. The van der Waals surface area contributed by atoms with Gasteiger partial charge in [-0.25, -0.2) is 4.79 Å². The summed E-state index contributed by atoms with van der Waals surface area (Å²) in [6.07, 6.45) is 9.38. The third-order valence-corrected chi connectivity index (χ3v) is 5.37. The van der Waals surface area contributed by atoms with E-state index in [1.807, 2.05) is 6.07 Å². The molecule has 21 heavy (non-hydrogen) atoms. The number of hydrogen-bond donors (Lipinski definition) is 2. The van der Waals surface area contributed by atoms with Gasteiger partial charge in [0.1, 0.15) is 0 Å². The van der Waals surface area contributed by atoms with Crippen LogP contribution in [0.4, 0.5) is 11.4 Å². The molecule has 0 amide bonds. The number of nitrogens with zero attached hydrogens (tertiary/aromatic N) is 1. The van der Waals surface area contributed by atoms with E-state index >= 15 is 0 Å². The molecule has 3 rings (SSSR count). The maximum Gasteiger partial charge on any atom is 0.337 e. The quantitative estimate of drug-likeness (QED) is 0.817. The van der Waals surface area contributed by atoms with Crippen molar-refractivity contribution in [1.82, 2.24) is 0 Å². The van der Waals surface area contributed by atoms with Gasteiger partial charge in [0, 0.05) is 24.5 Å². The summed E-state index contributed by atoms with van der Waals surface area (Å²) in [4.78, 5) is 13.5. The molecule has 1 aromatic carbocycles. The van der Waals surface area contributed by atoms with Gasteiger partial charge in [0.25, 0.3) is 0 Å². The van der Waals surface area contributed by atoms with E-state index in [1.54, 1.807) is 12.1 Å². The lowest BCUT2D eigenvalue weighted by atomic mass is 9.68. The molecule has 0 aromatic heterocycles. The predicted molar refractivity (Wildman–Crippen MR) is 84.8 cm³/mol. The summed E-state index contributed by atoms with van der Waals surface area (Å²) < 4.78 is 0. The Morgan fingerprint density at radius 3 is 2.38 bits per heavy atom. The average molecular weight is 288 g/mol. The van der Waals surface area contributed by atoms with Gasteiger partial charge >= 0.3 is 5.97 Å². The number of rotatable bonds is 2. The molecule has 1 aliphatic carbocycles. The van der Waals surface area contributed by atoms with Crippen molar-refractivity contribution in [3.63, 3.8) is 0 Å². The largest absolute Gasteiger partial charge is 0.478 e. The summed E-state index contributed by atoms with van der Waals surface area (Å²) in [5.74, 6) is -0.949. The van der Waals surface area contributed by atoms with Crippen LogP contribution in [0.25, 0.3) is 0 Å². The maximum absolute atomic E-state index is 11.2. The molecule has 1 heterocycles. The zero-order valence-electron chi connectivity index (χ0n) is 12.5. The van der Waals surface area contributed by atoms with Gasteiger partial charge in [-0.05, 0) is 49.3 Å². The fourth-order valence-electron chi connectivity index (χ4n) is 3.97. The van der Waals surface area contributed by atoms with Crippen LogP contribution in [-0.4, -0.2) is 24.2 Å². The van der Waals surface area contributed by atoms with Gasteiger partial charge in [-0.2, -0.15) is 0 Å². The Balaban J connectivity index is 1.72.